The Morgan fingerprint density at radius 3 is 1.32 bits per heavy atom. The minimum absolute atomic E-state index is 0.281. The van der Waals surface area contributed by atoms with Crippen molar-refractivity contribution in [3.05, 3.63) is 144 Å². The highest BCUT2D eigenvalue weighted by atomic mass is 15.0. The van der Waals surface area contributed by atoms with Gasteiger partial charge in [0.05, 0.1) is 0 Å². The lowest BCUT2D eigenvalue weighted by Crippen LogP contribution is -1.99. The summed E-state index contributed by atoms with van der Waals surface area (Å²) in [6.45, 7) is 4.11. The fourth-order valence-electron chi connectivity index (χ4n) is 5.23. The maximum atomic E-state index is 2.40. The molecule has 0 fully saturated rings. The molecule has 2 heteroatoms. The molecule has 4 aromatic carbocycles. The SMILES string of the molecule is CC(c1cn(Cc2ccccc2)c2ccccc12)c1cn(Cc2ccccc2)c2ccccc12. The van der Waals surface area contributed by atoms with Crippen LogP contribution in [0.25, 0.3) is 21.8 Å². The molecular formula is C32H28N2. The van der Waals surface area contributed by atoms with E-state index < -0.39 is 0 Å². The maximum Gasteiger partial charge on any atom is 0.0486 e. The molecule has 2 aromatic heterocycles. The Hall–Kier alpha value is -4.04. The van der Waals surface area contributed by atoms with Crippen LogP contribution in [0.2, 0.25) is 0 Å². The third kappa shape index (κ3) is 3.72. The third-order valence-electron chi connectivity index (χ3n) is 6.96. The molecule has 0 aliphatic heterocycles. The first-order valence-electron chi connectivity index (χ1n) is 12.0. The summed E-state index contributed by atoms with van der Waals surface area (Å²) >= 11 is 0. The first-order valence-corrected chi connectivity index (χ1v) is 12.0. The van der Waals surface area contributed by atoms with E-state index in [1.165, 1.54) is 44.1 Å². The average Bonchev–Trinajstić information content (AvgIpc) is 3.44. The predicted octanol–water partition coefficient (Wildman–Crippen LogP) is 7.84. The van der Waals surface area contributed by atoms with Gasteiger partial charge >= 0.3 is 0 Å². The van der Waals surface area contributed by atoms with E-state index in [1.54, 1.807) is 0 Å². The van der Waals surface area contributed by atoms with Crippen LogP contribution in [0.3, 0.4) is 0 Å². The van der Waals surface area contributed by atoms with E-state index in [1.807, 2.05) is 0 Å². The first kappa shape index (κ1) is 20.6. The number of benzene rings is 4. The molecule has 34 heavy (non-hydrogen) atoms. The van der Waals surface area contributed by atoms with Crippen LogP contribution in [0, 0.1) is 0 Å². The summed E-state index contributed by atoms with van der Waals surface area (Å²) in [5.74, 6) is 0.281. The number of nitrogens with zero attached hydrogens (tertiary/aromatic N) is 2. The van der Waals surface area contributed by atoms with Gasteiger partial charge in [-0.25, -0.2) is 0 Å². The molecule has 6 aromatic rings. The minimum Gasteiger partial charge on any atom is -0.343 e. The first-order chi connectivity index (χ1) is 16.8. The second-order valence-corrected chi connectivity index (χ2v) is 9.15. The number of aromatic nitrogens is 2. The molecule has 0 bridgehead atoms. The Morgan fingerprint density at radius 1 is 0.500 bits per heavy atom. The summed E-state index contributed by atoms with van der Waals surface area (Å²) in [7, 11) is 0. The molecule has 0 spiro atoms. The Labute approximate surface area is 200 Å². The van der Waals surface area contributed by atoms with E-state index in [-0.39, 0.29) is 5.92 Å². The van der Waals surface area contributed by atoms with Gasteiger partial charge in [-0.3, -0.25) is 0 Å². The molecule has 0 saturated carbocycles. The van der Waals surface area contributed by atoms with Crippen LogP contribution in [0.15, 0.2) is 122 Å². The molecule has 0 saturated heterocycles. The summed E-state index contributed by atoms with van der Waals surface area (Å²) in [5, 5.41) is 2.68. The van der Waals surface area contributed by atoms with Gasteiger partial charge < -0.3 is 9.13 Å². The molecule has 0 unspecified atom stereocenters. The number of hydrogen-bond donors (Lipinski definition) is 0. The van der Waals surface area contributed by atoms with E-state index in [4.69, 9.17) is 0 Å². The second kappa shape index (κ2) is 8.72. The van der Waals surface area contributed by atoms with Crippen LogP contribution in [-0.4, -0.2) is 9.13 Å². The molecule has 2 heterocycles. The van der Waals surface area contributed by atoms with Crippen molar-refractivity contribution in [3.63, 3.8) is 0 Å². The van der Waals surface area contributed by atoms with Crippen molar-refractivity contribution in [2.75, 3.05) is 0 Å². The van der Waals surface area contributed by atoms with Crippen LogP contribution < -0.4 is 0 Å². The van der Waals surface area contributed by atoms with E-state index in [0.717, 1.165) is 13.1 Å². The van der Waals surface area contributed by atoms with E-state index >= 15 is 0 Å². The quantitative estimate of drug-likeness (QED) is 0.250. The fourth-order valence-corrected chi connectivity index (χ4v) is 5.23. The Kier molecular flexibility index (Phi) is 5.27. The van der Waals surface area contributed by atoms with Gasteiger partial charge in [0, 0.05) is 53.2 Å². The largest absolute Gasteiger partial charge is 0.343 e. The predicted molar refractivity (Wildman–Crippen MR) is 142 cm³/mol. The molecule has 0 amide bonds. The van der Waals surface area contributed by atoms with Gasteiger partial charge in [0.25, 0.3) is 0 Å². The molecule has 0 atom stereocenters. The van der Waals surface area contributed by atoms with Gasteiger partial charge in [0.1, 0.15) is 0 Å². The molecular weight excluding hydrogens is 412 g/mol. The zero-order chi connectivity index (χ0) is 22.9. The summed E-state index contributed by atoms with van der Waals surface area (Å²) in [4.78, 5) is 0. The van der Waals surface area contributed by atoms with Crippen molar-refractivity contribution in [3.8, 4) is 0 Å². The van der Waals surface area contributed by atoms with Crippen molar-refractivity contribution in [2.45, 2.75) is 25.9 Å². The topological polar surface area (TPSA) is 9.86 Å². The minimum atomic E-state index is 0.281. The van der Waals surface area contributed by atoms with E-state index in [2.05, 4.69) is 138 Å². The smallest absolute Gasteiger partial charge is 0.0486 e. The number of rotatable bonds is 6. The third-order valence-corrected chi connectivity index (χ3v) is 6.96. The van der Waals surface area contributed by atoms with Crippen molar-refractivity contribution >= 4 is 21.8 Å². The lowest BCUT2D eigenvalue weighted by Gasteiger charge is -2.10. The van der Waals surface area contributed by atoms with Gasteiger partial charge in [0.15, 0.2) is 0 Å². The molecule has 0 N–H and O–H groups in total. The summed E-state index contributed by atoms with van der Waals surface area (Å²) < 4.78 is 4.80. The standard InChI is InChI=1S/C32H28N2/c1-24(29-22-33(20-25-12-4-2-5-13-25)31-18-10-8-16-27(29)31)30-23-34(21-26-14-6-3-7-15-26)32-19-11-9-17-28(30)32/h2-19,22-24H,20-21H2,1H3. The lowest BCUT2D eigenvalue weighted by molar-refractivity contribution is 0.809. The van der Waals surface area contributed by atoms with Crippen LogP contribution in [0.4, 0.5) is 0 Å². The Balaban J connectivity index is 1.44. The molecule has 0 radical (unpaired) electrons. The zero-order valence-electron chi connectivity index (χ0n) is 19.4. The molecule has 166 valence electrons. The maximum absolute atomic E-state index is 2.40. The monoisotopic (exact) mass is 440 g/mol. The highest BCUT2D eigenvalue weighted by molar-refractivity contribution is 5.89. The summed E-state index contributed by atoms with van der Waals surface area (Å²) in [5.41, 5.74) is 7.99. The van der Waals surface area contributed by atoms with Crippen LogP contribution in [0.1, 0.15) is 35.1 Å². The van der Waals surface area contributed by atoms with Crippen LogP contribution in [0.5, 0.6) is 0 Å². The van der Waals surface area contributed by atoms with Crippen molar-refractivity contribution < 1.29 is 0 Å². The lowest BCUT2D eigenvalue weighted by atomic mass is 9.92. The van der Waals surface area contributed by atoms with Gasteiger partial charge in [-0.05, 0) is 34.4 Å². The highest BCUT2D eigenvalue weighted by Crippen LogP contribution is 2.37. The molecule has 2 nitrogen and oxygen atoms in total. The van der Waals surface area contributed by atoms with Crippen molar-refractivity contribution in [1.82, 2.24) is 9.13 Å². The normalized spacial score (nSPS) is 11.6. The zero-order valence-corrected chi connectivity index (χ0v) is 19.4. The number of hydrogen-bond acceptors (Lipinski definition) is 0. The molecule has 6 rings (SSSR count). The van der Waals surface area contributed by atoms with Gasteiger partial charge in [-0.15, -0.1) is 0 Å². The number of fused-ring (bicyclic) bond motifs is 2. The Bertz CT molecular complexity index is 1440. The van der Waals surface area contributed by atoms with Gasteiger partial charge in [-0.1, -0.05) is 104 Å². The fraction of sp³-hybridized carbons (Fsp3) is 0.125. The number of para-hydroxylation sites is 2. The molecule has 0 aliphatic rings. The second-order valence-electron chi connectivity index (χ2n) is 9.15. The van der Waals surface area contributed by atoms with E-state index in [9.17, 15) is 0 Å². The van der Waals surface area contributed by atoms with Crippen molar-refractivity contribution in [1.29, 1.82) is 0 Å². The van der Waals surface area contributed by atoms with Crippen molar-refractivity contribution in [2.24, 2.45) is 0 Å². The van der Waals surface area contributed by atoms with Gasteiger partial charge in [0.2, 0.25) is 0 Å². The van der Waals surface area contributed by atoms with E-state index in [0.29, 0.717) is 0 Å². The molecule has 0 aliphatic carbocycles. The Morgan fingerprint density at radius 2 is 0.882 bits per heavy atom. The highest BCUT2D eigenvalue weighted by Gasteiger charge is 2.20. The van der Waals surface area contributed by atoms with Crippen LogP contribution >= 0.6 is 0 Å². The summed E-state index contributed by atoms with van der Waals surface area (Å²) in [6.07, 6.45) is 4.73. The summed E-state index contributed by atoms with van der Waals surface area (Å²) in [6, 6.07) is 39.1. The average molecular weight is 441 g/mol. The van der Waals surface area contributed by atoms with Crippen LogP contribution in [-0.2, 0) is 13.1 Å². The van der Waals surface area contributed by atoms with Gasteiger partial charge in [-0.2, -0.15) is 0 Å².